The topological polar surface area (TPSA) is 69.6 Å². The third kappa shape index (κ3) is 1.75. The highest BCUT2D eigenvalue weighted by Gasteiger charge is 2.67. The Morgan fingerprint density at radius 2 is 2.00 bits per heavy atom. The SMILES string of the molecule is Nc1cccc(Cl)c1-c1nnnn1C1(C(F)(F)F)CC1. The van der Waals surface area contributed by atoms with Gasteiger partial charge in [0, 0.05) is 5.69 Å². The number of alkyl halides is 3. The predicted molar refractivity (Wildman–Crippen MR) is 65.9 cm³/mol. The predicted octanol–water partition coefficient (Wildman–Crippen LogP) is 2.63. The maximum absolute atomic E-state index is 13.2. The number of benzene rings is 1. The molecule has 0 saturated heterocycles. The average Bonchev–Trinajstić information content (AvgIpc) is 3.03. The molecule has 0 amide bonds. The van der Waals surface area contributed by atoms with Crippen LogP contribution in [0, 0.1) is 0 Å². The molecule has 2 aromatic rings. The molecule has 9 heteroatoms. The van der Waals surface area contributed by atoms with Crippen LogP contribution in [0.1, 0.15) is 12.8 Å². The smallest absolute Gasteiger partial charge is 0.398 e. The summed E-state index contributed by atoms with van der Waals surface area (Å²) >= 11 is 6.01. The van der Waals surface area contributed by atoms with E-state index in [1.807, 2.05) is 0 Å². The average molecular weight is 304 g/mol. The fraction of sp³-hybridized carbons (Fsp3) is 0.364. The highest BCUT2D eigenvalue weighted by Crippen LogP contribution is 2.56. The molecule has 20 heavy (non-hydrogen) atoms. The van der Waals surface area contributed by atoms with Gasteiger partial charge in [-0.15, -0.1) is 5.10 Å². The van der Waals surface area contributed by atoms with Crippen LogP contribution in [-0.2, 0) is 5.54 Å². The minimum Gasteiger partial charge on any atom is -0.398 e. The zero-order valence-corrected chi connectivity index (χ0v) is 10.8. The quantitative estimate of drug-likeness (QED) is 0.866. The molecule has 1 aromatic carbocycles. The Labute approximate surface area is 116 Å². The van der Waals surface area contributed by atoms with Gasteiger partial charge < -0.3 is 5.73 Å². The summed E-state index contributed by atoms with van der Waals surface area (Å²) in [5, 5.41) is 10.7. The Morgan fingerprint density at radius 1 is 1.30 bits per heavy atom. The van der Waals surface area contributed by atoms with Crippen LogP contribution < -0.4 is 5.73 Å². The van der Waals surface area contributed by atoms with Crippen molar-refractivity contribution < 1.29 is 13.2 Å². The monoisotopic (exact) mass is 303 g/mol. The molecule has 106 valence electrons. The number of tetrazole rings is 1. The molecule has 0 atom stereocenters. The lowest BCUT2D eigenvalue weighted by molar-refractivity contribution is -0.182. The van der Waals surface area contributed by atoms with E-state index in [4.69, 9.17) is 17.3 Å². The van der Waals surface area contributed by atoms with Gasteiger partial charge in [0.15, 0.2) is 11.4 Å². The first-order valence-corrected chi connectivity index (χ1v) is 6.14. The summed E-state index contributed by atoms with van der Waals surface area (Å²) in [5.74, 6) is -0.0667. The van der Waals surface area contributed by atoms with Crippen LogP contribution in [0.5, 0.6) is 0 Å². The lowest BCUT2D eigenvalue weighted by Gasteiger charge is -2.20. The molecule has 1 fully saturated rings. The summed E-state index contributed by atoms with van der Waals surface area (Å²) < 4.78 is 40.3. The van der Waals surface area contributed by atoms with Gasteiger partial charge in [0.2, 0.25) is 0 Å². The number of anilines is 1. The van der Waals surface area contributed by atoms with Crippen LogP contribution in [0.15, 0.2) is 18.2 Å². The molecular weight excluding hydrogens is 295 g/mol. The number of rotatable bonds is 2. The van der Waals surface area contributed by atoms with Crippen molar-refractivity contribution in [3.63, 3.8) is 0 Å². The lowest BCUT2D eigenvalue weighted by atomic mass is 10.1. The number of hydrogen-bond acceptors (Lipinski definition) is 4. The first-order valence-electron chi connectivity index (χ1n) is 5.77. The molecule has 1 aliphatic carbocycles. The minimum absolute atomic E-state index is 0.0566. The molecule has 3 rings (SSSR count). The number of hydrogen-bond donors (Lipinski definition) is 1. The summed E-state index contributed by atoms with van der Waals surface area (Å²) in [5.41, 5.74) is 4.18. The summed E-state index contributed by atoms with van der Waals surface area (Å²) in [6, 6.07) is 4.67. The molecule has 2 N–H and O–H groups in total. The molecule has 0 bridgehead atoms. The van der Waals surface area contributed by atoms with Crippen LogP contribution in [0.25, 0.3) is 11.4 Å². The van der Waals surface area contributed by atoms with Gasteiger partial charge in [-0.2, -0.15) is 13.2 Å². The Kier molecular flexibility index (Phi) is 2.69. The maximum atomic E-state index is 13.2. The molecular formula is C11H9ClF3N5. The maximum Gasteiger partial charge on any atom is 0.413 e. The van der Waals surface area contributed by atoms with Gasteiger partial charge in [-0.1, -0.05) is 17.7 Å². The van der Waals surface area contributed by atoms with Crippen molar-refractivity contribution in [1.82, 2.24) is 20.2 Å². The van der Waals surface area contributed by atoms with E-state index in [0.29, 0.717) is 0 Å². The Morgan fingerprint density at radius 3 is 2.55 bits per heavy atom. The fourth-order valence-corrected chi connectivity index (χ4v) is 2.41. The zero-order valence-electron chi connectivity index (χ0n) is 10.0. The van der Waals surface area contributed by atoms with E-state index in [2.05, 4.69) is 15.5 Å². The zero-order chi connectivity index (χ0) is 14.5. The molecule has 1 saturated carbocycles. The number of nitrogens with zero attached hydrogens (tertiary/aromatic N) is 4. The summed E-state index contributed by atoms with van der Waals surface area (Å²) in [6.07, 6.45) is -4.54. The van der Waals surface area contributed by atoms with Crippen LogP contribution in [0.2, 0.25) is 5.02 Å². The second kappa shape index (κ2) is 4.08. The van der Waals surface area contributed by atoms with Gasteiger partial charge in [-0.3, -0.25) is 0 Å². The molecule has 1 heterocycles. The summed E-state index contributed by atoms with van der Waals surface area (Å²) in [6.45, 7) is 0. The van der Waals surface area contributed by atoms with Crippen LogP contribution in [0.3, 0.4) is 0 Å². The standard InChI is InChI=1S/C11H9ClF3N5/c12-6-2-1-3-7(16)8(6)9-17-18-19-20(9)10(4-5-10)11(13,14)15/h1-3H,4-5,16H2. The van der Waals surface area contributed by atoms with E-state index >= 15 is 0 Å². The lowest BCUT2D eigenvalue weighted by Crippen LogP contribution is -2.36. The van der Waals surface area contributed by atoms with Crippen LogP contribution in [-0.4, -0.2) is 26.4 Å². The third-order valence-electron chi connectivity index (χ3n) is 3.40. The van der Waals surface area contributed by atoms with E-state index < -0.39 is 11.7 Å². The first-order chi connectivity index (χ1) is 9.37. The number of nitrogens with two attached hydrogens (primary N) is 1. The van der Waals surface area contributed by atoms with E-state index in [0.717, 1.165) is 4.68 Å². The van der Waals surface area contributed by atoms with E-state index in [-0.39, 0.29) is 34.9 Å². The summed E-state index contributed by atoms with van der Waals surface area (Å²) in [4.78, 5) is 0. The fourth-order valence-electron chi connectivity index (χ4n) is 2.14. The molecule has 1 aliphatic rings. The Bertz CT molecular complexity index is 642. The largest absolute Gasteiger partial charge is 0.413 e. The van der Waals surface area contributed by atoms with Crippen molar-refractivity contribution in [3.8, 4) is 11.4 Å². The number of aromatic nitrogens is 4. The van der Waals surface area contributed by atoms with Gasteiger partial charge in [-0.05, 0) is 35.4 Å². The van der Waals surface area contributed by atoms with Crippen molar-refractivity contribution in [2.45, 2.75) is 24.6 Å². The highest BCUT2D eigenvalue weighted by molar-refractivity contribution is 6.33. The van der Waals surface area contributed by atoms with Crippen molar-refractivity contribution in [2.75, 3.05) is 5.73 Å². The van der Waals surface area contributed by atoms with E-state index in [9.17, 15) is 13.2 Å². The third-order valence-corrected chi connectivity index (χ3v) is 3.71. The molecule has 0 unspecified atom stereocenters. The summed E-state index contributed by atoms with van der Waals surface area (Å²) in [7, 11) is 0. The first kappa shape index (κ1) is 13.2. The number of nitrogen functional groups attached to an aromatic ring is 1. The second-order valence-electron chi connectivity index (χ2n) is 4.65. The van der Waals surface area contributed by atoms with Crippen LogP contribution in [0.4, 0.5) is 18.9 Å². The van der Waals surface area contributed by atoms with Gasteiger partial charge in [0.1, 0.15) is 0 Å². The van der Waals surface area contributed by atoms with Crippen molar-refractivity contribution in [2.24, 2.45) is 0 Å². The molecule has 5 nitrogen and oxygen atoms in total. The molecule has 0 aliphatic heterocycles. The normalized spacial score (nSPS) is 17.2. The van der Waals surface area contributed by atoms with Crippen molar-refractivity contribution in [3.05, 3.63) is 23.2 Å². The van der Waals surface area contributed by atoms with Gasteiger partial charge in [0.25, 0.3) is 0 Å². The van der Waals surface area contributed by atoms with E-state index in [1.54, 1.807) is 6.07 Å². The molecule has 0 radical (unpaired) electrons. The van der Waals surface area contributed by atoms with Gasteiger partial charge in [0.05, 0.1) is 10.6 Å². The molecule has 1 aromatic heterocycles. The van der Waals surface area contributed by atoms with Crippen molar-refractivity contribution in [1.29, 1.82) is 0 Å². The Balaban J connectivity index is 2.18. The van der Waals surface area contributed by atoms with Gasteiger partial charge >= 0.3 is 6.18 Å². The Hall–Kier alpha value is -1.83. The molecule has 0 spiro atoms. The minimum atomic E-state index is -4.42. The van der Waals surface area contributed by atoms with Crippen LogP contribution >= 0.6 is 11.6 Å². The van der Waals surface area contributed by atoms with Crippen molar-refractivity contribution >= 4 is 17.3 Å². The second-order valence-corrected chi connectivity index (χ2v) is 5.05. The van der Waals surface area contributed by atoms with Gasteiger partial charge in [-0.25, -0.2) is 4.68 Å². The highest BCUT2D eigenvalue weighted by atomic mass is 35.5. The van der Waals surface area contributed by atoms with E-state index in [1.165, 1.54) is 12.1 Å². The number of halogens is 4.